The molecular weight excluding hydrogens is 300 g/mol. The highest BCUT2D eigenvalue weighted by Crippen LogP contribution is 2.14. The van der Waals surface area contributed by atoms with Gasteiger partial charge in [-0.25, -0.2) is 4.98 Å². The lowest BCUT2D eigenvalue weighted by Gasteiger charge is -2.24. The van der Waals surface area contributed by atoms with Crippen LogP contribution in [-0.4, -0.2) is 39.5 Å². The third-order valence-corrected chi connectivity index (χ3v) is 4.79. The molecule has 1 amide bonds. The average Bonchev–Trinajstić information content (AvgIpc) is 3.08. The Hall–Kier alpha value is -2.14. The number of rotatable bonds is 6. The van der Waals surface area contributed by atoms with E-state index in [1.54, 1.807) is 0 Å². The monoisotopic (exact) mass is 326 g/mol. The molecule has 128 valence electrons. The molecule has 1 aromatic heterocycles. The smallest absolute Gasteiger partial charge is 0.251 e. The molecule has 0 fully saturated rings. The molecular formula is C19H26N4O. The van der Waals surface area contributed by atoms with Gasteiger partial charge in [-0.2, -0.15) is 0 Å². The first-order valence-electron chi connectivity index (χ1n) is 8.81. The molecule has 0 spiro atoms. The summed E-state index contributed by atoms with van der Waals surface area (Å²) in [6.45, 7) is 8.15. The Kier molecular flexibility index (Phi) is 5.30. The van der Waals surface area contributed by atoms with Gasteiger partial charge in [0.2, 0.25) is 0 Å². The molecule has 2 heterocycles. The van der Waals surface area contributed by atoms with Crippen molar-refractivity contribution in [3.05, 3.63) is 53.6 Å². The van der Waals surface area contributed by atoms with Gasteiger partial charge in [-0.15, -0.1) is 0 Å². The lowest BCUT2D eigenvalue weighted by atomic mass is 10.1. The number of benzene rings is 1. The fourth-order valence-electron chi connectivity index (χ4n) is 3.22. The molecule has 1 N–H and O–H groups in total. The summed E-state index contributed by atoms with van der Waals surface area (Å²) in [6, 6.07) is 8.15. The van der Waals surface area contributed by atoms with E-state index in [0.717, 1.165) is 50.4 Å². The zero-order valence-corrected chi connectivity index (χ0v) is 14.5. The van der Waals surface area contributed by atoms with Gasteiger partial charge in [0.05, 0.1) is 0 Å². The van der Waals surface area contributed by atoms with Crippen LogP contribution in [0, 0.1) is 0 Å². The number of aryl methyl sites for hydroxylation is 1. The summed E-state index contributed by atoms with van der Waals surface area (Å²) in [5.41, 5.74) is 1.98. The van der Waals surface area contributed by atoms with Crippen molar-refractivity contribution >= 4 is 5.91 Å². The quantitative estimate of drug-likeness (QED) is 0.887. The van der Waals surface area contributed by atoms with Crippen molar-refractivity contribution in [1.29, 1.82) is 0 Å². The van der Waals surface area contributed by atoms with Crippen LogP contribution >= 0.6 is 0 Å². The van der Waals surface area contributed by atoms with Gasteiger partial charge in [-0.1, -0.05) is 26.0 Å². The van der Waals surface area contributed by atoms with Crippen LogP contribution in [0.1, 0.15) is 42.0 Å². The van der Waals surface area contributed by atoms with Crippen molar-refractivity contribution in [2.75, 3.05) is 13.1 Å². The maximum absolute atomic E-state index is 12.5. The van der Waals surface area contributed by atoms with Gasteiger partial charge in [-0.3, -0.25) is 9.69 Å². The van der Waals surface area contributed by atoms with Crippen molar-refractivity contribution in [3.63, 3.8) is 0 Å². The molecule has 2 aromatic rings. The van der Waals surface area contributed by atoms with Crippen LogP contribution in [0.4, 0.5) is 0 Å². The van der Waals surface area contributed by atoms with Crippen LogP contribution in [0.3, 0.4) is 0 Å². The summed E-state index contributed by atoms with van der Waals surface area (Å²) in [5, 5.41) is 3.15. The van der Waals surface area contributed by atoms with Gasteiger partial charge in [-0.05, 0) is 37.2 Å². The maximum Gasteiger partial charge on any atom is 0.251 e. The number of aromatic nitrogens is 2. The van der Waals surface area contributed by atoms with Gasteiger partial charge >= 0.3 is 0 Å². The summed E-state index contributed by atoms with van der Waals surface area (Å²) in [5.74, 6) is 1.12. The van der Waals surface area contributed by atoms with Crippen molar-refractivity contribution in [2.24, 2.45) is 0 Å². The van der Waals surface area contributed by atoms with Crippen LogP contribution in [0.2, 0.25) is 0 Å². The summed E-state index contributed by atoms with van der Waals surface area (Å²) in [4.78, 5) is 19.1. The van der Waals surface area contributed by atoms with Crippen LogP contribution in [0.5, 0.6) is 0 Å². The molecule has 1 aromatic carbocycles. The molecule has 1 aliphatic rings. The van der Waals surface area contributed by atoms with Crippen LogP contribution in [0.25, 0.3) is 0 Å². The predicted octanol–water partition coefficient (Wildman–Crippen LogP) is 2.47. The molecule has 0 radical (unpaired) electrons. The highest BCUT2D eigenvalue weighted by molar-refractivity contribution is 5.94. The van der Waals surface area contributed by atoms with Gasteiger partial charge in [0.15, 0.2) is 0 Å². The Bertz CT molecular complexity index is 673. The summed E-state index contributed by atoms with van der Waals surface area (Å²) in [6.07, 6.45) is 5.67. The minimum Gasteiger partial charge on any atom is -0.347 e. The van der Waals surface area contributed by atoms with E-state index in [1.807, 2.05) is 24.5 Å². The number of imidazole rings is 1. The molecule has 24 heavy (non-hydrogen) atoms. The van der Waals surface area contributed by atoms with E-state index in [2.05, 4.69) is 45.7 Å². The largest absolute Gasteiger partial charge is 0.347 e. The van der Waals surface area contributed by atoms with Gasteiger partial charge < -0.3 is 9.88 Å². The number of nitrogens with one attached hydrogen (secondary N) is 1. The Morgan fingerprint density at radius 3 is 2.75 bits per heavy atom. The van der Waals surface area contributed by atoms with E-state index in [-0.39, 0.29) is 11.9 Å². The van der Waals surface area contributed by atoms with Gasteiger partial charge in [0.25, 0.3) is 5.91 Å². The standard InChI is InChI=1S/C19H26N4O/c1-3-22(4-2)13-15-5-7-16(8-6-15)19(24)21-17-9-10-18-20-11-12-23(18)14-17/h5-8,11-12,17H,3-4,9-10,13-14H2,1-2H3,(H,21,24). The second-order valence-electron chi connectivity index (χ2n) is 6.36. The van der Waals surface area contributed by atoms with Crippen LogP contribution in [-0.2, 0) is 19.5 Å². The van der Waals surface area contributed by atoms with E-state index >= 15 is 0 Å². The fraction of sp³-hybridized carbons (Fsp3) is 0.474. The number of hydrogen-bond acceptors (Lipinski definition) is 3. The number of nitrogens with zero attached hydrogens (tertiary/aromatic N) is 3. The van der Waals surface area contributed by atoms with E-state index in [9.17, 15) is 4.79 Å². The van der Waals surface area contributed by atoms with E-state index in [1.165, 1.54) is 5.56 Å². The Morgan fingerprint density at radius 2 is 2.04 bits per heavy atom. The second kappa shape index (κ2) is 7.62. The lowest BCUT2D eigenvalue weighted by molar-refractivity contribution is 0.0927. The lowest BCUT2D eigenvalue weighted by Crippen LogP contribution is -2.40. The molecule has 1 aliphatic heterocycles. The molecule has 5 nitrogen and oxygen atoms in total. The Balaban J connectivity index is 1.57. The highest BCUT2D eigenvalue weighted by Gasteiger charge is 2.20. The molecule has 5 heteroatoms. The Morgan fingerprint density at radius 1 is 1.29 bits per heavy atom. The van der Waals surface area contributed by atoms with E-state index in [4.69, 9.17) is 0 Å². The highest BCUT2D eigenvalue weighted by atomic mass is 16.1. The number of carbonyl (C=O) groups excluding carboxylic acids is 1. The molecule has 3 rings (SSSR count). The first-order valence-corrected chi connectivity index (χ1v) is 8.81. The average molecular weight is 326 g/mol. The predicted molar refractivity (Wildman–Crippen MR) is 94.9 cm³/mol. The Labute approximate surface area is 143 Å². The molecule has 1 atom stereocenters. The van der Waals surface area contributed by atoms with Crippen molar-refractivity contribution in [3.8, 4) is 0 Å². The number of hydrogen-bond donors (Lipinski definition) is 1. The zero-order valence-electron chi connectivity index (χ0n) is 14.5. The molecule has 0 bridgehead atoms. The third-order valence-electron chi connectivity index (χ3n) is 4.79. The topological polar surface area (TPSA) is 50.2 Å². The minimum atomic E-state index is 0.0120. The number of carbonyl (C=O) groups is 1. The number of fused-ring (bicyclic) bond motifs is 1. The summed E-state index contributed by atoms with van der Waals surface area (Å²) in [7, 11) is 0. The van der Waals surface area contributed by atoms with Crippen LogP contribution in [0.15, 0.2) is 36.7 Å². The van der Waals surface area contributed by atoms with Gasteiger partial charge in [0, 0.05) is 43.5 Å². The van der Waals surface area contributed by atoms with Crippen molar-refractivity contribution < 1.29 is 4.79 Å². The fourth-order valence-corrected chi connectivity index (χ4v) is 3.22. The third kappa shape index (κ3) is 3.85. The molecule has 1 unspecified atom stereocenters. The second-order valence-corrected chi connectivity index (χ2v) is 6.36. The zero-order chi connectivity index (χ0) is 16.9. The number of amides is 1. The SMILES string of the molecule is CCN(CC)Cc1ccc(C(=O)NC2CCc3nccn3C2)cc1. The van der Waals surface area contributed by atoms with Crippen molar-refractivity contribution in [2.45, 2.75) is 45.8 Å². The summed E-state index contributed by atoms with van der Waals surface area (Å²) >= 11 is 0. The van der Waals surface area contributed by atoms with E-state index < -0.39 is 0 Å². The first-order chi connectivity index (χ1) is 11.7. The van der Waals surface area contributed by atoms with Crippen molar-refractivity contribution in [1.82, 2.24) is 19.8 Å². The minimum absolute atomic E-state index is 0.0120. The molecule has 0 saturated carbocycles. The normalized spacial score (nSPS) is 16.9. The molecule has 0 aliphatic carbocycles. The summed E-state index contributed by atoms with van der Waals surface area (Å²) < 4.78 is 2.13. The first kappa shape index (κ1) is 16.7. The van der Waals surface area contributed by atoms with Gasteiger partial charge in [0.1, 0.15) is 5.82 Å². The maximum atomic E-state index is 12.5. The molecule has 0 saturated heterocycles. The van der Waals surface area contributed by atoms with Crippen LogP contribution < -0.4 is 5.32 Å². The van der Waals surface area contributed by atoms with E-state index in [0.29, 0.717) is 0 Å².